The molecule has 1 aliphatic rings. The molecule has 0 aromatic heterocycles. The van der Waals surface area contributed by atoms with E-state index in [1.165, 1.54) is 10.8 Å². The zero-order valence-corrected chi connectivity index (χ0v) is 12.4. The summed E-state index contributed by atoms with van der Waals surface area (Å²) in [4.78, 5) is 12.3. The number of carbonyl (C=O) groups is 1. The molecule has 0 bridgehead atoms. The third-order valence-corrected chi connectivity index (χ3v) is 3.18. The molecule has 0 saturated heterocycles. The third kappa shape index (κ3) is 2.86. The van der Waals surface area contributed by atoms with E-state index in [0.29, 0.717) is 12.5 Å². The lowest BCUT2D eigenvalue weighted by atomic mass is 10.0. The molecule has 0 unspecified atom stereocenters. The molecule has 1 heterocycles. The van der Waals surface area contributed by atoms with Crippen molar-refractivity contribution in [2.75, 3.05) is 6.54 Å². The number of hydrogen-bond acceptors (Lipinski definition) is 2. The Bertz CT molecular complexity index is 621. The van der Waals surface area contributed by atoms with Gasteiger partial charge < -0.3 is 4.74 Å². The summed E-state index contributed by atoms with van der Waals surface area (Å²) in [5.41, 5.74) is 0.827. The number of carbonyl (C=O) groups excluding carboxylic acids is 1. The minimum absolute atomic E-state index is 0.268. The second-order valence-electron chi connectivity index (χ2n) is 6.26. The van der Waals surface area contributed by atoms with Crippen molar-refractivity contribution in [3.8, 4) is 0 Å². The number of nitrogens with zero attached hydrogens (tertiary/aromatic N) is 1. The molecular weight excluding hydrogens is 238 g/mol. The van der Waals surface area contributed by atoms with E-state index in [-0.39, 0.29) is 6.09 Å². The number of hydrogen-bond donors (Lipinski definition) is 0. The smallest absolute Gasteiger partial charge is 0.406 e. The van der Waals surface area contributed by atoms with Gasteiger partial charge in [0.05, 0.1) is 5.22 Å². The molecule has 1 amide bonds. The highest BCUT2D eigenvalue weighted by molar-refractivity contribution is 5.73. The maximum absolute atomic E-state index is 12.3. The Hall–Kier alpha value is -1.64. The Labute approximate surface area is 114 Å². The van der Waals surface area contributed by atoms with Crippen molar-refractivity contribution < 1.29 is 9.53 Å². The molecule has 19 heavy (non-hydrogen) atoms. The predicted molar refractivity (Wildman–Crippen MR) is 76.3 cm³/mol. The van der Waals surface area contributed by atoms with Gasteiger partial charge in [0.1, 0.15) is 5.60 Å². The quantitative estimate of drug-likeness (QED) is 0.722. The zero-order chi connectivity index (χ0) is 14.2. The van der Waals surface area contributed by atoms with E-state index in [1.54, 1.807) is 4.58 Å². The van der Waals surface area contributed by atoms with Crippen molar-refractivity contribution in [2.45, 2.75) is 40.2 Å². The molecule has 0 atom stereocenters. The number of benzene rings is 1. The van der Waals surface area contributed by atoms with Gasteiger partial charge in [0.15, 0.2) is 6.54 Å². The molecule has 0 aliphatic carbocycles. The summed E-state index contributed by atoms with van der Waals surface area (Å²) in [6.45, 7) is 10.6. The van der Waals surface area contributed by atoms with Crippen molar-refractivity contribution >= 4 is 11.7 Å². The lowest BCUT2D eigenvalue weighted by molar-refractivity contribution is 0.0491. The maximum atomic E-state index is 12.3. The topological polar surface area (TPSA) is 29.3 Å². The van der Waals surface area contributed by atoms with E-state index in [2.05, 4.69) is 19.9 Å². The minimum Gasteiger partial charge on any atom is -0.406 e. The summed E-state index contributed by atoms with van der Waals surface area (Å²) in [5, 5.41) is 2.13. The van der Waals surface area contributed by atoms with Crippen LogP contribution >= 0.6 is 0 Å². The monoisotopic (exact) mass is 260 g/mol. The van der Waals surface area contributed by atoms with E-state index < -0.39 is 5.60 Å². The van der Waals surface area contributed by atoms with Gasteiger partial charge in [0.2, 0.25) is 5.36 Å². The van der Waals surface area contributed by atoms with Gasteiger partial charge in [-0.2, -0.15) is 4.79 Å². The summed E-state index contributed by atoms with van der Waals surface area (Å²) < 4.78 is 7.21. The van der Waals surface area contributed by atoms with Crippen molar-refractivity contribution in [1.82, 2.24) is 4.58 Å². The fourth-order valence-corrected chi connectivity index (χ4v) is 2.29. The van der Waals surface area contributed by atoms with Crippen molar-refractivity contribution in [1.29, 1.82) is 0 Å². The molecule has 1 aliphatic heterocycles. The number of para-hydroxylation sites is 1. The summed E-state index contributed by atoms with van der Waals surface area (Å²) >= 11 is 0. The van der Waals surface area contributed by atoms with Crippen molar-refractivity contribution in [3.63, 3.8) is 0 Å². The second kappa shape index (κ2) is 4.80. The fraction of sp³-hybridized carbons (Fsp3) is 0.500. The van der Waals surface area contributed by atoms with E-state index >= 15 is 0 Å². The Balaban J connectivity index is 2.51. The lowest BCUT2D eigenvalue weighted by Crippen LogP contribution is -2.41. The SMILES string of the molecule is CC(C)C1=c2ccccc2=[N+](C(=O)OC(C)(C)C)C1. The fourth-order valence-electron chi connectivity index (χ4n) is 2.29. The van der Waals surface area contributed by atoms with Crippen LogP contribution in [0.2, 0.25) is 0 Å². The zero-order valence-electron chi connectivity index (χ0n) is 12.4. The number of rotatable bonds is 1. The highest BCUT2D eigenvalue weighted by atomic mass is 16.6. The van der Waals surface area contributed by atoms with Crippen LogP contribution in [-0.4, -0.2) is 18.2 Å². The van der Waals surface area contributed by atoms with Crippen LogP contribution in [0.1, 0.15) is 34.6 Å². The average Bonchev–Trinajstić information content (AvgIpc) is 2.66. The largest absolute Gasteiger partial charge is 0.597 e. The molecule has 2 rings (SSSR count). The Morgan fingerprint density at radius 3 is 2.47 bits per heavy atom. The van der Waals surface area contributed by atoms with Gasteiger partial charge in [-0.05, 0) is 32.8 Å². The van der Waals surface area contributed by atoms with Gasteiger partial charge in [-0.3, -0.25) is 0 Å². The van der Waals surface area contributed by atoms with E-state index in [1.807, 2.05) is 39.0 Å². The summed E-state index contributed by atoms with van der Waals surface area (Å²) in [5.74, 6) is 0.425. The van der Waals surface area contributed by atoms with Crippen LogP contribution in [-0.2, 0) is 4.74 Å². The molecule has 0 N–H and O–H groups in total. The van der Waals surface area contributed by atoms with Crippen LogP contribution in [0.4, 0.5) is 4.79 Å². The van der Waals surface area contributed by atoms with E-state index in [0.717, 1.165) is 5.36 Å². The first-order valence-electron chi connectivity index (χ1n) is 6.75. The average molecular weight is 260 g/mol. The normalized spacial score (nSPS) is 14.8. The van der Waals surface area contributed by atoms with Gasteiger partial charge in [0, 0.05) is 11.6 Å². The van der Waals surface area contributed by atoms with Crippen LogP contribution in [0.3, 0.4) is 0 Å². The molecule has 0 radical (unpaired) electrons. The number of ether oxygens (including phenoxy) is 1. The lowest BCUT2D eigenvalue weighted by Gasteiger charge is -2.16. The Kier molecular flexibility index (Phi) is 3.48. The van der Waals surface area contributed by atoms with Crippen LogP contribution in [0.25, 0.3) is 5.57 Å². The van der Waals surface area contributed by atoms with Crippen molar-refractivity contribution in [3.05, 3.63) is 34.8 Å². The van der Waals surface area contributed by atoms with Crippen LogP contribution in [0.5, 0.6) is 0 Å². The highest BCUT2D eigenvalue weighted by Crippen LogP contribution is 2.12. The first kappa shape index (κ1) is 13.8. The number of amides is 1. The van der Waals surface area contributed by atoms with Gasteiger partial charge in [-0.15, -0.1) is 4.58 Å². The van der Waals surface area contributed by atoms with Gasteiger partial charge in [0.25, 0.3) is 0 Å². The Morgan fingerprint density at radius 2 is 1.89 bits per heavy atom. The molecule has 3 nitrogen and oxygen atoms in total. The molecule has 0 saturated carbocycles. The van der Waals surface area contributed by atoms with Gasteiger partial charge in [-0.25, -0.2) is 0 Å². The van der Waals surface area contributed by atoms with Crippen LogP contribution in [0.15, 0.2) is 24.3 Å². The maximum Gasteiger partial charge on any atom is 0.597 e. The first-order valence-corrected chi connectivity index (χ1v) is 6.75. The molecule has 3 heteroatoms. The van der Waals surface area contributed by atoms with Gasteiger partial charge in [-0.1, -0.05) is 26.0 Å². The predicted octanol–water partition coefficient (Wildman–Crippen LogP) is 1.93. The second-order valence-corrected chi connectivity index (χ2v) is 6.26. The molecule has 1 aromatic rings. The highest BCUT2D eigenvalue weighted by Gasteiger charge is 2.32. The molecule has 0 spiro atoms. The van der Waals surface area contributed by atoms with E-state index in [9.17, 15) is 4.79 Å². The van der Waals surface area contributed by atoms with Gasteiger partial charge >= 0.3 is 6.09 Å². The van der Waals surface area contributed by atoms with Crippen LogP contribution < -0.4 is 15.2 Å². The summed E-state index contributed by atoms with van der Waals surface area (Å²) in [6, 6.07) is 8.03. The molecule has 1 aromatic carbocycles. The van der Waals surface area contributed by atoms with Crippen molar-refractivity contribution in [2.24, 2.45) is 5.92 Å². The summed E-state index contributed by atoms with van der Waals surface area (Å²) in [6.07, 6.45) is -0.268. The minimum atomic E-state index is -0.466. The third-order valence-electron chi connectivity index (χ3n) is 3.18. The molecular formula is C16H22NO2+. The van der Waals surface area contributed by atoms with E-state index in [4.69, 9.17) is 4.74 Å². The van der Waals surface area contributed by atoms with Crippen LogP contribution in [0, 0.1) is 5.92 Å². The number of fused-ring (bicyclic) bond motifs is 1. The standard InChI is InChI=1S/C16H22NO2/c1-11(2)13-10-17(15(18)19-16(3,4)5)14-9-7-6-8-12(13)14/h6-9,11H,10H2,1-5H3/q+1. The first-order chi connectivity index (χ1) is 8.79. The Morgan fingerprint density at radius 1 is 1.26 bits per heavy atom. The molecule has 102 valence electrons. The summed E-state index contributed by atoms with van der Waals surface area (Å²) in [7, 11) is 0. The molecule has 0 fully saturated rings.